The number of piperidine rings is 1. The van der Waals surface area contributed by atoms with E-state index < -0.39 is 0 Å². The number of likely N-dealkylation sites (tertiary alicyclic amines) is 1. The molecule has 0 aliphatic carbocycles. The maximum Gasteiger partial charge on any atom is 0.0627 e. The molecule has 25 heavy (non-hydrogen) atoms. The standard InChI is InChI=1S/C22H27N3/c1-18(2)22(9-12-23)10-14-25(15-11-22)17-19-5-7-20(8-6-19)21-4-3-13-24-16-21/h3-8,13,16,18H,9-11,14-15,17H2,1-2H3. The van der Waals surface area contributed by atoms with E-state index in [-0.39, 0.29) is 5.41 Å². The molecule has 0 radical (unpaired) electrons. The molecular weight excluding hydrogens is 306 g/mol. The summed E-state index contributed by atoms with van der Waals surface area (Å²) < 4.78 is 0. The lowest BCUT2D eigenvalue weighted by molar-refractivity contribution is 0.0617. The molecule has 0 amide bonds. The smallest absolute Gasteiger partial charge is 0.0627 e. The Labute approximate surface area is 151 Å². The lowest BCUT2D eigenvalue weighted by atomic mass is 9.68. The molecular formula is C22H27N3. The Morgan fingerprint density at radius 3 is 2.40 bits per heavy atom. The third-order valence-corrected chi connectivity index (χ3v) is 5.86. The summed E-state index contributed by atoms with van der Waals surface area (Å²) in [5.74, 6) is 0.577. The predicted octanol–water partition coefficient (Wildman–Crippen LogP) is 4.90. The van der Waals surface area contributed by atoms with Gasteiger partial charge in [0, 0.05) is 25.4 Å². The van der Waals surface area contributed by atoms with E-state index in [0.717, 1.165) is 38.0 Å². The van der Waals surface area contributed by atoms with Gasteiger partial charge in [0.05, 0.1) is 6.07 Å². The van der Waals surface area contributed by atoms with Crippen LogP contribution < -0.4 is 0 Å². The summed E-state index contributed by atoms with van der Waals surface area (Å²) in [5.41, 5.74) is 3.94. The average Bonchev–Trinajstić information content (AvgIpc) is 2.65. The van der Waals surface area contributed by atoms with Crippen LogP contribution >= 0.6 is 0 Å². The summed E-state index contributed by atoms with van der Waals surface area (Å²) in [7, 11) is 0. The first-order valence-electron chi connectivity index (χ1n) is 9.22. The highest BCUT2D eigenvalue weighted by Gasteiger charge is 2.37. The Bertz CT molecular complexity index is 705. The topological polar surface area (TPSA) is 39.9 Å². The van der Waals surface area contributed by atoms with Crippen molar-refractivity contribution in [3.05, 3.63) is 54.4 Å². The van der Waals surface area contributed by atoms with Crippen LogP contribution in [0.2, 0.25) is 0 Å². The van der Waals surface area contributed by atoms with Gasteiger partial charge in [-0.3, -0.25) is 9.88 Å². The lowest BCUT2D eigenvalue weighted by Gasteiger charge is -2.43. The molecule has 130 valence electrons. The van der Waals surface area contributed by atoms with Crippen LogP contribution in [-0.2, 0) is 6.54 Å². The van der Waals surface area contributed by atoms with Gasteiger partial charge in [-0.25, -0.2) is 0 Å². The first-order chi connectivity index (χ1) is 12.1. The summed E-state index contributed by atoms with van der Waals surface area (Å²) in [6.45, 7) is 7.71. The first kappa shape index (κ1) is 17.6. The molecule has 3 rings (SSSR count). The normalized spacial score (nSPS) is 17.4. The minimum atomic E-state index is 0.218. The van der Waals surface area contributed by atoms with Gasteiger partial charge in [-0.1, -0.05) is 44.2 Å². The van der Waals surface area contributed by atoms with Crippen molar-refractivity contribution in [1.29, 1.82) is 5.26 Å². The van der Waals surface area contributed by atoms with Crippen LogP contribution in [0.25, 0.3) is 11.1 Å². The highest BCUT2D eigenvalue weighted by molar-refractivity contribution is 5.62. The van der Waals surface area contributed by atoms with E-state index in [0.29, 0.717) is 12.3 Å². The molecule has 1 aromatic carbocycles. The van der Waals surface area contributed by atoms with Gasteiger partial charge in [0.1, 0.15) is 0 Å². The number of nitrogens with zero attached hydrogens (tertiary/aromatic N) is 3. The lowest BCUT2D eigenvalue weighted by Crippen LogP contribution is -2.42. The summed E-state index contributed by atoms with van der Waals surface area (Å²) in [6, 6.07) is 15.3. The SMILES string of the molecule is CC(C)C1(CC#N)CCN(Cc2ccc(-c3cccnc3)cc2)CC1. The quantitative estimate of drug-likeness (QED) is 0.781. The van der Waals surface area contributed by atoms with Gasteiger partial charge < -0.3 is 0 Å². The van der Waals surface area contributed by atoms with E-state index >= 15 is 0 Å². The molecule has 1 fully saturated rings. The molecule has 2 heterocycles. The molecule has 1 aromatic heterocycles. The Kier molecular flexibility index (Phi) is 5.50. The first-order valence-corrected chi connectivity index (χ1v) is 9.22. The fraction of sp³-hybridized carbons (Fsp3) is 0.455. The number of hydrogen-bond donors (Lipinski definition) is 0. The van der Waals surface area contributed by atoms with Crippen molar-refractivity contribution in [3.8, 4) is 17.2 Å². The van der Waals surface area contributed by atoms with Crippen molar-refractivity contribution in [2.24, 2.45) is 11.3 Å². The fourth-order valence-electron chi connectivity index (χ4n) is 3.87. The number of hydrogen-bond acceptors (Lipinski definition) is 3. The molecule has 0 spiro atoms. The second-order valence-electron chi connectivity index (χ2n) is 7.57. The van der Waals surface area contributed by atoms with Gasteiger partial charge in [0.25, 0.3) is 0 Å². The zero-order valence-electron chi connectivity index (χ0n) is 15.3. The zero-order chi connectivity index (χ0) is 17.7. The van der Waals surface area contributed by atoms with Gasteiger partial charge in [0.2, 0.25) is 0 Å². The van der Waals surface area contributed by atoms with Crippen LogP contribution in [-0.4, -0.2) is 23.0 Å². The monoisotopic (exact) mass is 333 g/mol. The van der Waals surface area contributed by atoms with E-state index in [1.807, 2.05) is 12.3 Å². The number of aromatic nitrogens is 1. The maximum absolute atomic E-state index is 9.19. The van der Waals surface area contributed by atoms with Crippen LogP contribution in [0.5, 0.6) is 0 Å². The Morgan fingerprint density at radius 1 is 1.12 bits per heavy atom. The van der Waals surface area contributed by atoms with Crippen molar-refractivity contribution >= 4 is 0 Å². The zero-order valence-corrected chi connectivity index (χ0v) is 15.3. The molecule has 1 aliphatic rings. The minimum Gasteiger partial charge on any atom is -0.299 e. The largest absolute Gasteiger partial charge is 0.299 e. The molecule has 0 N–H and O–H groups in total. The molecule has 2 aromatic rings. The average molecular weight is 333 g/mol. The third-order valence-electron chi connectivity index (χ3n) is 5.86. The van der Waals surface area contributed by atoms with Crippen LogP contribution in [0.3, 0.4) is 0 Å². The van der Waals surface area contributed by atoms with Crippen molar-refractivity contribution in [2.75, 3.05) is 13.1 Å². The number of nitriles is 1. The molecule has 0 bridgehead atoms. The van der Waals surface area contributed by atoms with E-state index in [2.05, 4.69) is 60.1 Å². The highest BCUT2D eigenvalue weighted by Crippen LogP contribution is 2.41. The van der Waals surface area contributed by atoms with Crippen molar-refractivity contribution < 1.29 is 0 Å². The highest BCUT2D eigenvalue weighted by atomic mass is 15.1. The number of pyridine rings is 1. The Morgan fingerprint density at radius 2 is 1.84 bits per heavy atom. The second kappa shape index (κ2) is 7.80. The van der Waals surface area contributed by atoms with E-state index in [9.17, 15) is 5.26 Å². The maximum atomic E-state index is 9.19. The molecule has 3 nitrogen and oxygen atoms in total. The predicted molar refractivity (Wildman–Crippen MR) is 102 cm³/mol. The third kappa shape index (κ3) is 4.08. The van der Waals surface area contributed by atoms with Crippen molar-refractivity contribution in [2.45, 2.75) is 39.7 Å². The van der Waals surface area contributed by atoms with E-state index in [4.69, 9.17) is 0 Å². The Balaban J connectivity index is 1.60. The Hall–Kier alpha value is -2.18. The fourth-order valence-corrected chi connectivity index (χ4v) is 3.87. The number of rotatable bonds is 5. The van der Waals surface area contributed by atoms with Crippen LogP contribution in [0.4, 0.5) is 0 Å². The molecule has 3 heteroatoms. The van der Waals surface area contributed by atoms with Gasteiger partial charge in [0.15, 0.2) is 0 Å². The minimum absolute atomic E-state index is 0.218. The summed E-state index contributed by atoms with van der Waals surface area (Å²) >= 11 is 0. The van der Waals surface area contributed by atoms with Gasteiger partial charge in [-0.15, -0.1) is 0 Å². The molecule has 0 unspecified atom stereocenters. The summed E-state index contributed by atoms with van der Waals surface area (Å²) in [5, 5.41) is 9.19. The second-order valence-corrected chi connectivity index (χ2v) is 7.57. The van der Waals surface area contributed by atoms with Gasteiger partial charge in [-0.2, -0.15) is 5.26 Å². The molecule has 0 atom stereocenters. The van der Waals surface area contributed by atoms with E-state index in [1.165, 1.54) is 11.1 Å². The summed E-state index contributed by atoms with van der Waals surface area (Å²) in [6.07, 6.45) is 6.66. The van der Waals surface area contributed by atoms with E-state index in [1.54, 1.807) is 6.20 Å². The number of benzene rings is 1. The van der Waals surface area contributed by atoms with Crippen molar-refractivity contribution in [1.82, 2.24) is 9.88 Å². The molecule has 0 saturated carbocycles. The molecule has 1 aliphatic heterocycles. The van der Waals surface area contributed by atoms with Gasteiger partial charge >= 0.3 is 0 Å². The van der Waals surface area contributed by atoms with Crippen LogP contribution in [0.1, 0.15) is 38.7 Å². The van der Waals surface area contributed by atoms with Crippen molar-refractivity contribution in [3.63, 3.8) is 0 Å². The van der Waals surface area contributed by atoms with Gasteiger partial charge in [-0.05, 0) is 60.0 Å². The van der Waals surface area contributed by atoms with Crippen LogP contribution in [0.15, 0.2) is 48.8 Å². The summed E-state index contributed by atoms with van der Waals surface area (Å²) in [4.78, 5) is 6.71. The van der Waals surface area contributed by atoms with Crippen LogP contribution in [0, 0.1) is 22.7 Å². The molecule has 1 saturated heterocycles.